The van der Waals surface area contributed by atoms with Crippen LogP contribution in [0.3, 0.4) is 0 Å². The topological polar surface area (TPSA) is 46.2 Å². The Balaban J connectivity index is 1.54. The van der Waals surface area contributed by atoms with Gasteiger partial charge in [0.05, 0.1) is 0 Å². The van der Waals surface area contributed by atoms with E-state index in [-0.39, 0.29) is 30.7 Å². The third-order valence-corrected chi connectivity index (χ3v) is 17.1. The molecule has 2 aromatic rings. The Kier molecular flexibility index (Phi) is 9.86. The van der Waals surface area contributed by atoms with Gasteiger partial charge in [-0.05, 0) is 0 Å². The fourth-order valence-electron chi connectivity index (χ4n) is 4.89. The predicted molar refractivity (Wildman–Crippen MR) is 136 cm³/mol. The maximum absolute atomic E-state index is 6.95. The predicted octanol–water partition coefficient (Wildman–Crippen LogP) is 6.36. The normalized spacial score (nSPS) is 28.0. The Hall–Kier alpha value is -0.961. The van der Waals surface area contributed by atoms with Gasteiger partial charge in [0.25, 0.3) is 0 Å². The summed E-state index contributed by atoms with van der Waals surface area (Å²) in [7, 11) is 0. The summed E-state index contributed by atoms with van der Waals surface area (Å²) in [6.45, 7) is 7.57. The van der Waals surface area contributed by atoms with E-state index in [1.807, 2.05) is 36.4 Å². The van der Waals surface area contributed by atoms with Crippen LogP contribution in [0.25, 0.3) is 0 Å². The molecule has 34 heavy (non-hydrogen) atoms. The molecule has 2 aliphatic rings. The van der Waals surface area contributed by atoms with Crippen LogP contribution in [0.5, 0.6) is 0 Å². The van der Waals surface area contributed by atoms with Crippen LogP contribution < -0.4 is 0 Å². The number of rotatable bonds is 12. The molecule has 2 aliphatic heterocycles. The van der Waals surface area contributed by atoms with Gasteiger partial charge in [0.15, 0.2) is 0 Å². The van der Waals surface area contributed by atoms with Gasteiger partial charge in [-0.3, -0.25) is 0 Å². The molecule has 0 bridgehead atoms. The third-order valence-electron chi connectivity index (χ3n) is 6.80. The monoisotopic (exact) mass is 576 g/mol. The first-order chi connectivity index (χ1) is 16.6. The summed E-state index contributed by atoms with van der Waals surface area (Å²) >= 11 is -3.26. The standard InChI is InChI=1S/C20H22O5.2C4H9.Sn/c1-14-18(23-12-15-8-4-2-5-9-15)19(17(21)20(22)25-14)24-13-16-10-6-3-7-11-16;2*1-3-4-2;/h2-11,14,17-20H,12-13H2,1H3;2*1,3-4H2,2H3;/q-2;;;+2/t14-,17+,18-,19-,20+;;;/m0.../s1. The van der Waals surface area contributed by atoms with E-state index in [9.17, 15) is 0 Å². The number of benzene rings is 2. The van der Waals surface area contributed by atoms with Gasteiger partial charge in [0.2, 0.25) is 0 Å². The molecule has 0 unspecified atom stereocenters. The van der Waals surface area contributed by atoms with E-state index in [1.165, 1.54) is 0 Å². The summed E-state index contributed by atoms with van der Waals surface area (Å²) < 4.78 is 35.3. The van der Waals surface area contributed by atoms with E-state index >= 15 is 0 Å². The van der Waals surface area contributed by atoms with E-state index in [4.69, 9.17) is 20.4 Å². The van der Waals surface area contributed by atoms with E-state index in [1.54, 1.807) is 0 Å². The van der Waals surface area contributed by atoms with Crippen LogP contribution in [0.15, 0.2) is 60.7 Å². The molecule has 2 aromatic carbocycles. The molecule has 2 heterocycles. The molecule has 6 heteroatoms. The quantitative estimate of drug-likeness (QED) is 0.276. The van der Waals surface area contributed by atoms with Crippen molar-refractivity contribution in [1.29, 1.82) is 0 Å². The molecule has 186 valence electrons. The van der Waals surface area contributed by atoms with Crippen molar-refractivity contribution in [2.24, 2.45) is 0 Å². The Morgan fingerprint density at radius 2 is 1.26 bits per heavy atom. The van der Waals surface area contributed by atoms with Crippen LogP contribution in [-0.2, 0) is 33.6 Å². The van der Waals surface area contributed by atoms with Crippen molar-refractivity contribution in [3.05, 3.63) is 71.8 Å². The summed E-state index contributed by atoms with van der Waals surface area (Å²) in [5, 5.41) is 0. The molecule has 0 aromatic heterocycles. The van der Waals surface area contributed by atoms with Crippen molar-refractivity contribution in [1.82, 2.24) is 0 Å². The molecule has 0 radical (unpaired) electrons. The summed E-state index contributed by atoms with van der Waals surface area (Å²) in [6, 6.07) is 20.6. The molecule has 2 saturated heterocycles. The van der Waals surface area contributed by atoms with Crippen LogP contribution >= 0.6 is 0 Å². The number of ether oxygens (including phenoxy) is 3. The van der Waals surface area contributed by atoms with Crippen LogP contribution in [0, 0.1) is 0 Å². The Labute approximate surface area is 210 Å². The van der Waals surface area contributed by atoms with Crippen LogP contribution in [0.4, 0.5) is 0 Å². The summed E-state index contributed by atoms with van der Waals surface area (Å²) in [4.78, 5) is 0. The molecule has 0 amide bonds. The first-order valence-electron chi connectivity index (χ1n) is 13.0. The van der Waals surface area contributed by atoms with Gasteiger partial charge in [-0.15, -0.1) is 0 Å². The fourth-order valence-corrected chi connectivity index (χ4v) is 16.1. The Morgan fingerprint density at radius 1 is 0.735 bits per heavy atom. The average molecular weight is 575 g/mol. The third kappa shape index (κ3) is 6.62. The Bertz CT molecular complexity index is 840. The molecule has 0 spiro atoms. The zero-order valence-corrected chi connectivity index (χ0v) is 23.7. The van der Waals surface area contributed by atoms with Gasteiger partial charge >= 0.3 is 211 Å². The SMILES string of the molecule is CCC[CH2][Sn]1([CH2]CCC)[O][C@@H]2O[C@@H](C)[C@H](OCc3ccccc3)[C@@H](OCc3ccccc3)[C@H]2[O]1. The minimum absolute atomic E-state index is 0.145. The first-order valence-corrected chi connectivity index (χ1v) is 19.3. The van der Waals surface area contributed by atoms with Crippen molar-refractivity contribution >= 4 is 19.2 Å². The molecule has 2 fully saturated rings. The summed E-state index contributed by atoms with van der Waals surface area (Å²) in [6.07, 6.45) is 3.42. The molecule has 5 nitrogen and oxygen atoms in total. The molecule has 4 rings (SSSR count). The molecule has 0 N–H and O–H groups in total. The zero-order chi connectivity index (χ0) is 23.8. The van der Waals surface area contributed by atoms with Gasteiger partial charge in [-0.1, -0.05) is 0 Å². The van der Waals surface area contributed by atoms with E-state index in [2.05, 4.69) is 45.0 Å². The van der Waals surface area contributed by atoms with Crippen molar-refractivity contribution in [2.45, 2.75) is 99.2 Å². The van der Waals surface area contributed by atoms with Gasteiger partial charge < -0.3 is 0 Å². The average Bonchev–Trinajstić information content (AvgIpc) is 3.23. The van der Waals surface area contributed by atoms with Gasteiger partial charge in [-0.25, -0.2) is 0 Å². The fraction of sp³-hybridized carbons (Fsp3) is 0.571. The number of fused-ring (bicyclic) bond motifs is 1. The molecule has 0 aliphatic carbocycles. The summed E-state index contributed by atoms with van der Waals surface area (Å²) in [5.41, 5.74) is 2.28. The second-order valence-electron chi connectivity index (χ2n) is 9.55. The van der Waals surface area contributed by atoms with Crippen molar-refractivity contribution in [2.75, 3.05) is 0 Å². The van der Waals surface area contributed by atoms with Crippen molar-refractivity contribution in [3.8, 4) is 0 Å². The second kappa shape index (κ2) is 12.8. The Morgan fingerprint density at radius 3 is 1.79 bits per heavy atom. The molecule has 5 atom stereocenters. The van der Waals surface area contributed by atoms with E-state index in [0.717, 1.165) is 45.7 Å². The number of hydrogen-bond donors (Lipinski definition) is 0. The molecular weight excluding hydrogens is 535 g/mol. The number of unbranched alkanes of at least 4 members (excludes halogenated alkanes) is 2. The first kappa shape index (κ1) is 26.1. The molecular formula is C28H40O5Sn. The van der Waals surface area contributed by atoms with Crippen LogP contribution in [0.2, 0.25) is 8.87 Å². The van der Waals surface area contributed by atoms with Crippen LogP contribution in [-0.4, -0.2) is 49.9 Å². The summed E-state index contributed by atoms with van der Waals surface area (Å²) in [5.74, 6) is 0. The second-order valence-corrected chi connectivity index (χ2v) is 18.9. The van der Waals surface area contributed by atoms with E-state index < -0.39 is 19.2 Å². The van der Waals surface area contributed by atoms with Crippen molar-refractivity contribution < 1.29 is 20.4 Å². The minimum atomic E-state index is -3.26. The van der Waals surface area contributed by atoms with Crippen LogP contribution in [0.1, 0.15) is 57.6 Å². The van der Waals surface area contributed by atoms with Gasteiger partial charge in [-0.2, -0.15) is 0 Å². The van der Waals surface area contributed by atoms with Gasteiger partial charge in [0, 0.05) is 0 Å². The van der Waals surface area contributed by atoms with Gasteiger partial charge in [0.1, 0.15) is 0 Å². The van der Waals surface area contributed by atoms with Crippen molar-refractivity contribution in [3.63, 3.8) is 0 Å². The zero-order valence-electron chi connectivity index (χ0n) is 20.9. The maximum atomic E-state index is 6.95. The number of hydrogen-bond acceptors (Lipinski definition) is 5. The van der Waals surface area contributed by atoms with E-state index in [0.29, 0.717) is 13.2 Å². The molecule has 0 saturated carbocycles.